The number of nitrogens with two attached hydrogens (primary N) is 1. The molecule has 0 fully saturated rings. The molecule has 11 heavy (non-hydrogen) atoms. The summed E-state index contributed by atoms with van der Waals surface area (Å²) in [5.74, 6) is 0. The number of nitrogens with zero attached hydrogens (tertiary/aromatic N) is 1. The van der Waals surface area contributed by atoms with Crippen LogP contribution in [-0.4, -0.2) is 4.98 Å². The van der Waals surface area contributed by atoms with Crippen molar-refractivity contribution in [3.8, 4) is 10.6 Å². The Morgan fingerprint density at radius 1 is 1.55 bits per heavy atom. The van der Waals surface area contributed by atoms with Gasteiger partial charge in [0.2, 0.25) is 0 Å². The van der Waals surface area contributed by atoms with Crippen molar-refractivity contribution in [1.29, 1.82) is 0 Å². The Bertz CT molecular complexity index is 339. The summed E-state index contributed by atoms with van der Waals surface area (Å²) in [4.78, 5) is 4.95. The van der Waals surface area contributed by atoms with Crippen LogP contribution in [0.4, 0.5) is 5.69 Å². The predicted molar refractivity (Wildman–Crippen MR) is 44.2 cm³/mol. The molecule has 0 saturated heterocycles. The zero-order chi connectivity index (χ0) is 7.68. The van der Waals surface area contributed by atoms with Gasteiger partial charge in [-0.15, -0.1) is 11.3 Å². The van der Waals surface area contributed by atoms with Crippen LogP contribution in [0.3, 0.4) is 0 Å². The molecule has 0 aliphatic carbocycles. The lowest BCUT2D eigenvalue weighted by atomic mass is 10.3. The van der Waals surface area contributed by atoms with Gasteiger partial charge in [-0.2, -0.15) is 0 Å². The molecule has 0 bridgehead atoms. The Balaban J connectivity index is 2.53. The van der Waals surface area contributed by atoms with E-state index in [1.807, 2.05) is 11.4 Å². The van der Waals surface area contributed by atoms with Crippen molar-refractivity contribution >= 4 is 17.0 Å². The topological polar surface area (TPSA) is 52.0 Å². The van der Waals surface area contributed by atoms with Crippen molar-refractivity contribution in [2.75, 3.05) is 5.73 Å². The molecule has 4 heteroatoms. The van der Waals surface area contributed by atoms with Gasteiger partial charge in [-0.1, -0.05) is 0 Å². The van der Waals surface area contributed by atoms with Gasteiger partial charge in [0.1, 0.15) is 12.0 Å². The molecule has 2 heterocycles. The van der Waals surface area contributed by atoms with Crippen LogP contribution in [0.2, 0.25) is 0 Å². The summed E-state index contributed by atoms with van der Waals surface area (Å²) in [5, 5.41) is 1.93. The van der Waals surface area contributed by atoms with E-state index in [4.69, 9.17) is 10.2 Å². The average Bonchev–Trinajstić information content (AvgIpc) is 2.55. The van der Waals surface area contributed by atoms with Crippen molar-refractivity contribution in [2.45, 2.75) is 0 Å². The number of hydrogen-bond acceptors (Lipinski definition) is 4. The van der Waals surface area contributed by atoms with Gasteiger partial charge in [0.15, 0.2) is 6.39 Å². The fraction of sp³-hybridized carbons (Fsp3) is 0. The van der Waals surface area contributed by atoms with E-state index >= 15 is 0 Å². The summed E-state index contributed by atoms with van der Waals surface area (Å²) in [7, 11) is 0. The Kier molecular flexibility index (Phi) is 1.40. The fourth-order valence-corrected chi connectivity index (χ4v) is 1.63. The molecule has 0 radical (unpaired) electrons. The summed E-state index contributed by atoms with van der Waals surface area (Å²) in [6.45, 7) is 0. The highest BCUT2D eigenvalue weighted by atomic mass is 32.1. The Hall–Kier alpha value is -1.29. The molecular weight excluding hydrogens is 160 g/mol. The van der Waals surface area contributed by atoms with E-state index in [1.54, 1.807) is 17.6 Å². The third-order valence-corrected chi connectivity index (χ3v) is 2.31. The monoisotopic (exact) mass is 166 g/mol. The van der Waals surface area contributed by atoms with E-state index in [0.717, 1.165) is 16.3 Å². The first-order valence-corrected chi connectivity index (χ1v) is 3.97. The molecule has 2 N–H and O–H groups in total. The van der Waals surface area contributed by atoms with E-state index in [1.165, 1.54) is 6.39 Å². The van der Waals surface area contributed by atoms with Gasteiger partial charge < -0.3 is 10.2 Å². The van der Waals surface area contributed by atoms with Crippen molar-refractivity contribution in [3.05, 3.63) is 24.1 Å². The Morgan fingerprint density at radius 3 is 3.00 bits per heavy atom. The maximum Gasteiger partial charge on any atom is 0.181 e. The lowest BCUT2D eigenvalue weighted by Gasteiger charge is -1.89. The van der Waals surface area contributed by atoms with Gasteiger partial charge in [0, 0.05) is 0 Å². The van der Waals surface area contributed by atoms with Crippen LogP contribution in [0.1, 0.15) is 0 Å². The van der Waals surface area contributed by atoms with Gasteiger partial charge in [-0.3, -0.25) is 0 Å². The number of rotatable bonds is 1. The molecular formula is C7H6N2OS. The summed E-state index contributed by atoms with van der Waals surface area (Å²) in [5.41, 5.74) is 7.22. The van der Waals surface area contributed by atoms with E-state index in [9.17, 15) is 0 Å². The molecule has 2 rings (SSSR count). The van der Waals surface area contributed by atoms with Gasteiger partial charge in [0.25, 0.3) is 0 Å². The standard InChI is InChI=1S/C7H6N2OS/c8-5-1-2-11-7(5)6-3-10-4-9-6/h1-4H,8H2. The zero-order valence-electron chi connectivity index (χ0n) is 5.65. The summed E-state index contributed by atoms with van der Waals surface area (Å²) in [6, 6.07) is 1.86. The van der Waals surface area contributed by atoms with Gasteiger partial charge in [0.05, 0.1) is 10.6 Å². The summed E-state index contributed by atoms with van der Waals surface area (Å²) in [6.07, 6.45) is 2.98. The van der Waals surface area contributed by atoms with Crippen LogP contribution in [0, 0.1) is 0 Å². The highest BCUT2D eigenvalue weighted by Gasteiger charge is 2.05. The van der Waals surface area contributed by atoms with E-state index in [0.29, 0.717) is 0 Å². The average molecular weight is 166 g/mol. The first-order chi connectivity index (χ1) is 5.38. The van der Waals surface area contributed by atoms with Crippen molar-refractivity contribution < 1.29 is 4.42 Å². The molecule has 0 atom stereocenters. The molecule has 0 aromatic carbocycles. The van der Waals surface area contributed by atoms with Crippen LogP contribution < -0.4 is 5.73 Å². The van der Waals surface area contributed by atoms with Crippen LogP contribution >= 0.6 is 11.3 Å². The van der Waals surface area contributed by atoms with Crippen molar-refractivity contribution in [1.82, 2.24) is 4.98 Å². The van der Waals surface area contributed by atoms with Crippen LogP contribution in [0.15, 0.2) is 28.5 Å². The predicted octanol–water partition coefficient (Wildman–Crippen LogP) is 1.99. The summed E-state index contributed by atoms with van der Waals surface area (Å²) < 4.78 is 4.83. The first kappa shape index (κ1) is 6.42. The quantitative estimate of drug-likeness (QED) is 0.704. The van der Waals surface area contributed by atoms with Crippen LogP contribution in [0.5, 0.6) is 0 Å². The molecule has 3 nitrogen and oxygen atoms in total. The van der Waals surface area contributed by atoms with E-state index < -0.39 is 0 Å². The number of aromatic nitrogens is 1. The molecule has 56 valence electrons. The number of thiophene rings is 1. The fourth-order valence-electron chi connectivity index (χ4n) is 0.852. The van der Waals surface area contributed by atoms with Gasteiger partial charge in [-0.05, 0) is 11.4 Å². The second kappa shape index (κ2) is 2.39. The van der Waals surface area contributed by atoms with E-state index in [2.05, 4.69) is 4.98 Å². The minimum atomic E-state index is 0.754. The molecule has 0 aliphatic rings. The molecule has 2 aromatic rings. The number of hydrogen-bond donors (Lipinski definition) is 1. The smallest absolute Gasteiger partial charge is 0.181 e. The number of nitrogen functional groups attached to an aromatic ring is 1. The third kappa shape index (κ3) is 1.01. The third-order valence-electron chi connectivity index (χ3n) is 1.36. The second-order valence-electron chi connectivity index (χ2n) is 2.08. The number of anilines is 1. The lowest BCUT2D eigenvalue weighted by Crippen LogP contribution is -1.82. The minimum absolute atomic E-state index is 0.754. The Morgan fingerprint density at radius 2 is 2.45 bits per heavy atom. The SMILES string of the molecule is Nc1ccsc1-c1cocn1. The molecule has 0 aliphatic heterocycles. The van der Waals surface area contributed by atoms with E-state index in [-0.39, 0.29) is 0 Å². The Labute approximate surface area is 67.5 Å². The first-order valence-electron chi connectivity index (χ1n) is 3.09. The summed E-state index contributed by atoms with van der Waals surface area (Å²) >= 11 is 1.56. The number of oxazole rings is 1. The highest BCUT2D eigenvalue weighted by molar-refractivity contribution is 7.14. The molecule has 2 aromatic heterocycles. The van der Waals surface area contributed by atoms with Gasteiger partial charge >= 0.3 is 0 Å². The van der Waals surface area contributed by atoms with Crippen molar-refractivity contribution in [2.24, 2.45) is 0 Å². The maximum atomic E-state index is 5.66. The molecule has 0 unspecified atom stereocenters. The minimum Gasteiger partial charge on any atom is -0.451 e. The zero-order valence-corrected chi connectivity index (χ0v) is 6.47. The van der Waals surface area contributed by atoms with Gasteiger partial charge in [-0.25, -0.2) is 4.98 Å². The second-order valence-corrected chi connectivity index (χ2v) is 2.99. The van der Waals surface area contributed by atoms with Crippen LogP contribution in [-0.2, 0) is 0 Å². The molecule has 0 amide bonds. The van der Waals surface area contributed by atoms with Crippen molar-refractivity contribution in [3.63, 3.8) is 0 Å². The molecule has 0 spiro atoms. The molecule has 0 saturated carbocycles. The normalized spacial score (nSPS) is 10.2. The maximum absolute atomic E-state index is 5.66. The highest BCUT2D eigenvalue weighted by Crippen LogP contribution is 2.29. The lowest BCUT2D eigenvalue weighted by molar-refractivity contribution is 0.558. The van der Waals surface area contributed by atoms with Crippen LogP contribution in [0.25, 0.3) is 10.6 Å². The largest absolute Gasteiger partial charge is 0.451 e.